The Morgan fingerprint density at radius 1 is 0.246 bits per heavy atom. The summed E-state index contributed by atoms with van der Waals surface area (Å²) in [7, 11) is 0. The lowest BCUT2D eigenvalue weighted by Crippen LogP contribution is -1.91. The molecule has 0 saturated carbocycles. The van der Waals surface area contributed by atoms with Crippen LogP contribution in [0.15, 0.2) is 176 Å². The minimum absolute atomic E-state index is 0. The average molecular weight is 841 g/mol. The van der Waals surface area contributed by atoms with Crippen LogP contribution in [0, 0.1) is 0 Å². The summed E-state index contributed by atoms with van der Waals surface area (Å²) < 4.78 is 0. The van der Waals surface area contributed by atoms with Crippen LogP contribution in [0.5, 0.6) is 34.5 Å². The lowest BCUT2D eigenvalue weighted by molar-refractivity contribution is 0.474. The molecule has 0 aliphatic rings. The number of phenols is 6. The van der Waals surface area contributed by atoms with Gasteiger partial charge in [0.1, 0.15) is 34.5 Å². The van der Waals surface area contributed by atoms with Crippen LogP contribution in [0.2, 0.25) is 0 Å². The highest BCUT2D eigenvalue weighted by Gasteiger charge is 1.98. The summed E-state index contributed by atoms with van der Waals surface area (Å²) >= 11 is 0. The molecule has 0 unspecified atom stereocenters. The number of aromatic hydroxyl groups is 6. The standard InChI is InChI=1S/3C16H16N2O2.ClH/c3*19-15-7-3-1-5-13(15)11-17-9-10-18-12-14-6-2-4-8-16(14)20;/h3*1-8,11-12,19-20H,9-10H2;1H. The fraction of sp³-hybridized carbons (Fsp3) is 0.125. The van der Waals surface area contributed by atoms with Crippen molar-refractivity contribution in [2.75, 3.05) is 39.3 Å². The Balaban J connectivity index is 0.000000242. The van der Waals surface area contributed by atoms with E-state index in [-0.39, 0.29) is 46.9 Å². The van der Waals surface area contributed by atoms with Gasteiger partial charge in [-0.1, -0.05) is 72.8 Å². The molecular formula is C48H49ClN6O6. The molecule has 0 fully saturated rings. The highest BCUT2D eigenvalue weighted by Crippen LogP contribution is 2.16. The Kier molecular flexibility index (Phi) is 21.9. The molecule has 0 aromatic heterocycles. The molecule has 0 spiro atoms. The van der Waals surface area contributed by atoms with Crippen molar-refractivity contribution in [1.82, 2.24) is 0 Å². The van der Waals surface area contributed by atoms with Gasteiger partial charge in [0.2, 0.25) is 0 Å². The van der Waals surface area contributed by atoms with Gasteiger partial charge >= 0.3 is 0 Å². The second kappa shape index (κ2) is 28.0. The molecule has 0 aliphatic carbocycles. The highest BCUT2D eigenvalue weighted by atomic mass is 35.5. The molecule has 0 heterocycles. The van der Waals surface area contributed by atoms with Crippen molar-refractivity contribution in [3.05, 3.63) is 179 Å². The van der Waals surface area contributed by atoms with Crippen LogP contribution in [0.25, 0.3) is 0 Å². The Labute approximate surface area is 361 Å². The Bertz CT molecular complexity index is 1970. The van der Waals surface area contributed by atoms with E-state index in [1.807, 2.05) is 36.4 Å². The van der Waals surface area contributed by atoms with Crippen LogP contribution in [0.1, 0.15) is 33.4 Å². The SMILES string of the molecule is Cl.Oc1ccccc1C=NCCN=Cc1ccccc1O.Oc1ccccc1C=NCCN=Cc1ccccc1O.Oc1ccccc1C=NCCN=Cc1ccccc1O. The first-order valence-corrected chi connectivity index (χ1v) is 19.0. The van der Waals surface area contributed by atoms with Crippen LogP contribution < -0.4 is 0 Å². The molecule has 6 aromatic carbocycles. The monoisotopic (exact) mass is 840 g/mol. The summed E-state index contributed by atoms with van der Waals surface area (Å²) in [6.07, 6.45) is 9.78. The summed E-state index contributed by atoms with van der Waals surface area (Å²) in [5, 5.41) is 57.3. The quantitative estimate of drug-likeness (QED) is 0.0444. The zero-order valence-corrected chi connectivity index (χ0v) is 34.2. The first-order valence-electron chi connectivity index (χ1n) is 19.0. The average Bonchev–Trinajstić information content (AvgIpc) is 3.26. The molecular weight excluding hydrogens is 792 g/mol. The maximum absolute atomic E-state index is 9.54. The number of halogens is 1. The van der Waals surface area contributed by atoms with Gasteiger partial charge in [-0.25, -0.2) is 0 Å². The van der Waals surface area contributed by atoms with E-state index in [9.17, 15) is 30.6 Å². The molecule has 0 aliphatic heterocycles. The molecule has 0 bridgehead atoms. The molecule has 0 atom stereocenters. The lowest BCUT2D eigenvalue weighted by Gasteiger charge is -1.97. The van der Waals surface area contributed by atoms with Crippen molar-refractivity contribution in [3.63, 3.8) is 0 Å². The van der Waals surface area contributed by atoms with Crippen molar-refractivity contribution < 1.29 is 30.6 Å². The number of para-hydroxylation sites is 6. The Morgan fingerprint density at radius 3 is 0.508 bits per heavy atom. The van der Waals surface area contributed by atoms with Crippen molar-refractivity contribution in [1.29, 1.82) is 0 Å². The summed E-state index contributed by atoms with van der Waals surface area (Å²) in [6, 6.07) is 42.2. The van der Waals surface area contributed by atoms with Gasteiger partial charge in [-0.2, -0.15) is 0 Å². The van der Waals surface area contributed by atoms with Crippen molar-refractivity contribution in [3.8, 4) is 34.5 Å². The molecule has 6 rings (SSSR count). The Hall–Kier alpha value is -7.57. The van der Waals surface area contributed by atoms with Crippen LogP contribution in [0.3, 0.4) is 0 Å². The maximum Gasteiger partial charge on any atom is 0.124 e. The van der Waals surface area contributed by atoms with Crippen LogP contribution in [0.4, 0.5) is 0 Å². The lowest BCUT2D eigenvalue weighted by atomic mass is 10.2. The summed E-state index contributed by atoms with van der Waals surface area (Å²) in [5.41, 5.74) is 4.15. The first-order chi connectivity index (χ1) is 29.3. The normalized spacial score (nSPS) is 11.2. The second-order valence-electron chi connectivity index (χ2n) is 12.6. The van der Waals surface area contributed by atoms with Crippen molar-refractivity contribution >= 4 is 49.7 Å². The van der Waals surface area contributed by atoms with Gasteiger partial charge in [0.15, 0.2) is 0 Å². The zero-order chi connectivity index (χ0) is 42.6. The number of nitrogens with zero attached hydrogens (tertiary/aromatic N) is 6. The molecule has 12 nitrogen and oxygen atoms in total. The fourth-order valence-electron chi connectivity index (χ4n) is 4.90. The van der Waals surface area contributed by atoms with E-state index in [4.69, 9.17) is 0 Å². The van der Waals surface area contributed by atoms with Gasteiger partial charge in [-0.05, 0) is 72.8 Å². The van der Waals surface area contributed by atoms with E-state index in [2.05, 4.69) is 30.0 Å². The minimum atomic E-state index is 0. The third-order valence-corrected chi connectivity index (χ3v) is 8.08. The molecule has 6 aromatic rings. The summed E-state index contributed by atoms with van der Waals surface area (Å²) in [6.45, 7) is 3.16. The summed E-state index contributed by atoms with van der Waals surface area (Å²) in [5.74, 6) is 1.30. The first kappa shape index (κ1) is 47.8. The third-order valence-electron chi connectivity index (χ3n) is 8.08. The van der Waals surface area contributed by atoms with E-state index in [1.54, 1.807) is 146 Å². The van der Waals surface area contributed by atoms with Crippen molar-refractivity contribution in [2.24, 2.45) is 30.0 Å². The van der Waals surface area contributed by atoms with E-state index in [0.29, 0.717) is 72.6 Å². The van der Waals surface area contributed by atoms with Gasteiger partial charge < -0.3 is 30.6 Å². The molecule has 6 N–H and O–H groups in total. The van der Waals surface area contributed by atoms with E-state index < -0.39 is 0 Å². The maximum atomic E-state index is 9.54. The second-order valence-corrected chi connectivity index (χ2v) is 12.6. The smallest absolute Gasteiger partial charge is 0.124 e. The van der Waals surface area contributed by atoms with Gasteiger partial charge in [-0.15, -0.1) is 12.4 Å². The molecule has 61 heavy (non-hydrogen) atoms. The molecule has 0 radical (unpaired) electrons. The minimum Gasteiger partial charge on any atom is -0.507 e. The third kappa shape index (κ3) is 18.3. The largest absolute Gasteiger partial charge is 0.507 e. The van der Waals surface area contributed by atoms with E-state index in [0.717, 1.165) is 0 Å². The van der Waals surface area contributed by atoms with Gasteiger partial charge in [-0.3, -0.25) is 30.0 Å². The van der Waals surface area contributed by atoms with Crippen LogP contribution in [-0.2, 0) is 0 Å². The number of benzene rings is 6. The van der Waals surface area contributed by atoms with Crippen LogP contribution >= 0.6 is 12.4 Å². The highest BCUT2D eigenvalue weighted by molar-refractivity contribution is 5.86. The number of rotatable bonds is 15. The number of hydrogen-bond donors (Lipinski definition) is 6. The van der Waals surface area contributed by atoms with Crippen molar-refractivity contribution in [2.45, 2.75) is 0 Å². The molecule has 13 heteroatoms. The molecule has 0 amide bonds. The number of hydrogen-bond acceptors (Lipinski definition) is 12. The van der Waals surface area contributed by atoms with Gasteiger partial charge in [0.25, 0.3) is 0 Å². The van der Waals surface area contributed by atoms with E-state index >= 15 is 0 Å². The van der Waals surface area contributed by atoms with Gasteiger partial charge in [0, 0.05) is 70.7 Å². The fourth-order valence-corrected chi connectivity index (χ4v) is 4.90. The topological polar surface area (TPSA) is 196 Å². The van der Waals surface area contributed by atoms with Gasteiger partial charge in [0.05, 0.1) is 39.3 Å². The molecule has 314 valence electrons. The molecule has 0 saturated heterocycles. The number of aliphatic imine (C=N–C) groups is 6. The summed E-state index contributed by atoms with van der Waals surface area (Å²) in [4.78, 5) is 25.2. The predicted octanol–water partition coefficient (Wildman–Crippen LogP) is 8.33. The number of phenolic OH excluding ortho intramolecular Hbond substituents is 6. The van der Waals surface area contributed by atoms with E-state index in [1.165, 1.54) is 0 Å². The Morgan fingerprint density at radius 2 is 0.377 bits per heavy atom. The predicted molar refractivity (Wildman–Crippen MR) is 251 cm³/mol. The van der Waals surface area contributed by atoms with Crippen LogP contribution in [-0.4, -0.2) is 107 Å². The zero-order valence-electron chi connectivity index (χ0n) is 33.3.